The Kier molecular flexibility index (Phi) is 10.4. The van der Waals surface area contributed by atoms with Crippen molar-refractivity contribution in [3.05, 3.63) is 58.6 Å². The van der Waals surface area contributed by atoms with Gasteiger partial charge in [-0.15, -0.1) is 0 Å². The van der Waals surface area contributed by atoms with E-state index in [0.717, 1.165) is 46.3 Å². The number of benzene rings is 2. The highest BCUT2D eigenvalue weighted by atomic mass is 79.9. The fourth-order valence-electron chi connectivity index (χ4n) is 4.47. The fraction of sp³-hybridized carbons (Fsp3) is 0.481. The predicted octanol–water partition coefficient (Wildman–Crippen LogP) is 4.48. The van der Waals surface area contributed by atoms with Crippen LogP contribution in [0.5, 0.6) is 5.75 Å². The van der Waals surface area contributed by atoms with E-state index in [0.29, 0.717) is 18.0 Å². The van der Waals surface area contributed by atoms with Gasteiger partial charge in [-0.25, -0.2) is 8.42 Å². The number of carbonyl (C=O) groups is 2. The van der Waals surface area contributed by atoms with Crippen LogP contribution in [0.3, 0.4) is 0 Å². The van der Waals surface area contributed by atoms with E-state index in [2.05, 4.69) is 21.2 Å². The van der Waals surface area contributed by atoms with Gasteiger partial charge in [0.05, 0.1) is 18.6 Å². The van der Waals surface area contributed by atoms with Crippen molar-refractivity contribution in [3.8, 4) is 5.75 Å². The van der Waals surface area contributed by atoms with Gasteiger partial charge in [0.25, 0.3) is 0 Å². The normalized spacial score (nSPS) is 15.0. The SMILES string of the molecule is CCOc1ccc(N(CC(=O)N(Cc2cccc(Br)c2)C(C)C(=O)NC2CCCCC2)S(C)(=O)=O)cc1. The summed E-state index contributed by atoms with van der Waals surface area (Å²) in [5.41, 5.74) is 1.17. The molecular formula is C27H36BrN3O5S. The van der Waals surface area contributed by atoms with E-state index in [1.165, 1.54) is 11.3 Å². The maximum absolute atomic E-state index is 13.7. The molecule has 3 rings (SSSR count). The van der Waals surface area contributed by atoms with E-state index in [4.69, 9.17) is 4.74 Å². The van der Waals surface area contributed by atoms with Gasteiger partial charge < -0.3 is 15.0 Å². The molecule has 1 saturated carbocycles. The Bertz CT molecular complexity index is 1170. The van der Waals surface area contributed by atoms with Crippen molar-refractivity contribution in [2.45, 2.75) is 64.6 Å². The number of rotatable bonds is 11. The first-order chi connectivity index (χ1) is 17.6. The molecular weight excluding hydrogens is 558 g/mol. The third-order valence-corrected chi connectivity index (χ3v) is 8.11. The zero-order valence-corrected chi connectivity index (χ0v) is 24.1. The van der Waals surface area contributed by atoms with Crippen LogP contribution in [-0.2, 0) is 26.2 Å². The number of halogens is 1. The summed E-state index contributed by atoms with van der Waals surface area (Å²) in [6, 6.07) is 13.4. The summed E-state index contributed by atoms with van der Waals surface area (Å²) in [6.07, 6.45) is 6.24. The van der Waals surface area contributed by atoms with Crippen LogP contribution < -0.4 is 14.4 Å². The zero-order valence-electron chi connectivity index (χ0n) is 21.7. The number of sulfonamides is 1. The molecule has 1 atom stereocenters. The Labute approximate surface area is 228 Å². The van der Waals surface area contributed by atoms with Gasteiger partial charge in [-0.05, 0) is 68.7 Å². The summed E-state index contributed by atoms with van der Waals surface area (Å²) in [7, 11) is -3.78. The van der Waals surface area contributed by atoms with Crippen LogP contribution in [0.25, 0.3) is 0 Å². The second-order valence-corrected chi connectivity index (χ2v) is 12.2. The summed E-state index contributed by atoms with van der Waals surface area (Å²) >= 11 is 3.45. The maximum atomic E-state index is 13.7. The van der Waals surface area contributed by atoms with Crippen LogP contribution in [0.4, 0.5) is 5.69 Å². The molecule has 0 aromatic heterocycles. The molecule has 0 bridgehead atoms. The van der Waals surface area contributed by atoms with Crippen LogP contribution in [0.2, 0.25) is 0 Å². The Morgan fingerprint density at radius 1 is 1.11 bits per heavy atom. The van der Waals surface area contributed by atoms with Crippen molar-refractivity contribution < 1.29 is 22.7 Å². The Morgan fingerprint density at radius 3 is 2.38 bits per heavy atom. The van der Waals surface area contributed by atoms with E-state index in [9.17, 15) is 18.0 Å². The van der Waals surface area contributed by atoms with Gasteiger partial charge in [-0.2, -0.15) is 0 Å². The number of nitrogens with one attached hydrogen (secondary N) is 1. The highest BCUT2D eigenvalue weighted by Crippen LogP contribution is 2.23. The lowest BCUT2D eigenvalue weighted by Gasteiger charge is -2.33. The van der Waals surface area contributed by atoms with Crippen molar-refractivity contribution in [2.75, 3.05) is 23.7 Å². The molecule has 0 saturated heterocycles. The van der Waals surface area contributed by atoms with E-state index < -0.39 is 28.5 Å². The lowest BCUT2D eigenvalue weighted by molar-refractivity contribution is -0.139. The monoisotopic (exact) mass is 593 g/mol. The van der Waals surface area contributed by atoms with E-state index in [1.54, 1.807) is 31.2 Å². The summed E-state index contributed by atoms with van der Waals surface area (Å²) in [5, 5.41) is 3.10. The van der Waals surface area contributed by atoms with Crippen molar-refractivity contribution in [2.24, 2.45) is 0 Å². The third kappa shape index (κ3) is 8.46. The molecule has 1 unspecified atom stereocenters. The van der Waals surface area contributed by atoms with Crippen molar-refractivity contribution in [3.63, 3.8) is 0 Å². The average Bonchev–Trinajstić information content (AvgIpc) is 2.86. The lowest BCUT2D eigenvalue weighted by Crippen LogP contribution is -2.52. The van der Waals surface area contributed by atoms with Crippen molar-refractivity contribution in [1.29, 1.82) is 0 Å². The minimum Gasteiger partial charge on any atom is -0.494 e. The van der Waals surface area contributed by atoms with Gasteiger partial charge in [0.2, 0.25) is 21.8 Å². The van der Waals surface area contributed by atoms with Crippen LogP contribution in [-0.4, -0.2) is 56.6 Å². The quantitative estimate of drug-likeness (QED) is 0.414. The second-order valence-electron chi connectivity index (χ2n) is 9.37. The molecule has 2 aromatic rings. The summed E-state index contributed by atoms with van der Waals surface area (Å²) in [5.74, 6) is -0.0943. The van der Waals surface area contributed by atoms with E-state index >= 15 is 0 Å². The van der Waals surface area contributed by atoms with Crippen LogP contribution in [0.15, 0.2) is 53.0 Å². The molecule has 0 radical (unpaired) electrons. The standard InChI is InChI=1S/C27H36BrN3O5S/c1-4-36-25-15-13-24(14-16-25)31(37(3,34)35)19-26(32)30(18-21-9-8-10-22(28)17-21)20(2)27(33)29-23-11-6-5-7-12-23/h8-10,13-17,20,23H,4-7,11-12,18-19H2,1-3H3,(H,29,33). The largest absolute Gasteiger partial charge is 0.494 e. The smallest absolute Gasteiger partial charge is 0.244 e. The molecule has 0 spiro atoms. The number of hydrogen-bond acceptors (Lipinski definition) is 5. The Balaban J connectivity index is 1.85. The lowest BCUT2D eigenvalue weighted by atomic mass is 9.95. The highest BCUT2D eigenvalue weighted by molar-refractivity contribution is 9.10. The number of ether oxygens (including phenoxy) is 1. The molecule has 0 heterocycles. The highest BCUT2D eigenvalue weighted by Gasteiger charge is 2.31. The fourth-order valence-corrected chi connectivity index (χ4v) is 5.77. The number of carbonyl (C=O) groups excluding carboxylic acids is 2. The second kappa shape index (κ2) is 13.3. The van der Waals surface area contributed by atoms with Gasteiger partial charge in [0.1, 0.15) is 18.3 Å². The minimum atomic E-state index is -3.78. The Morgan fingerprint density at radius 2 is 1.78 bits per heavy atom. The molecule has 2 amide bonds. The topological polar surface area (TPSA) is 96.0 Å². The van der Waals surface area contributed by atoms with Gasteiger partial charge in [0.15, 0.2) is 0 Å². The summed E-state index contributed by atoms with van der Waals surface area (Å²) in [4.78, 5) is 28.3. The molecule has 1 fully saturated rings. The van der Waals surface area contributed by atoms with Gasteiger partial charge in [-0.3, -0.25) is 13.9 Å². The molecule has 2 aromatic carbocycles. The molecule has 202 valence electrons. The molecule has 1 aliphatic rings. The predicted molar refractivity (Wildman–Crippen MR) is 149 cm³/mol. The number of nitrogens with zero attached hydrogens (tertiary/aromatic N) is 2. The van der Waals surface area contributed by atoms with Crippen LogP contribution in [0.1, 0.15) is 51.5 Å². The number of hydrogen-bond donors (Lipinski definition) is 1. The van der Waals surface area contributed by atoms with Crippen LogP contribution >= 0.6 is 15.9 Å². The molecule has 1 N–H and O–H groups in total. The van der Waals surface area contributed by atoms with Crippen molar-refractivity contribution >= 4 is 43.5 Å². The number of amides is 2. The molecule has 0 aliphatic heterocycles. The summed E-state index contributed by atoms with van der Waals surface area (Å²) < 4.78 is 32.8. The third-order valence-electron chi connectivity index (χ3n) is 6.48. The number of anilines is 1. The first kappa shape index (κ1) is 29.0. The molecule has 8 nitrogen and oxygen atoms in total. The van der Waals surface area contributed by atoms with E-state index in [1.807, 2.05) is 31.2 Å². The van der Waals surface area contributed by atoms with Gasteiger partial charge >= 0.3 is 0 Å². The summed E-state index contributed by atoms with van der Waals surface area (Å²) in [6.45, 7) is 3.77. The van der Waals surface area contributed by atoms with Crippen LogP contribution in [0, 0.1) is 0 Å². The van der Waals surface area contributed by atoms with Gasteiger partial charge in [-0.1, -0.05) is 47.3 Å². The van der Waals surface area contributed by atoms with E-state index in [-0.39, 0.29) is 18.5 Å². The molecule has 1 aliphatic carbocycles. The molecule has 10 heteroatoms. The average molecular weight is 595 g/mol. The first-order valence-electron chi connectivity index (χ1n) is 12.6. The van der Waals surface area contributed by atoms with Crippen molar-refractivity contribution in [1.82, 2.24) is 10.2 Å². The zero-order chi connectivity index (χ0) is 27.0. The maximum Gasteiger partial charge on any atom is 0.244 e. The first-order valence-corrected chi connectivity index (χ1v) is 15.3. The Hall–Kier alpha value is -2.59. The van der Waals surface area contributed by atoms with Gasteiger partial charge in [0, 0.05) is 17.1 Å². The minimum absolute atomic E-state index is 0.0999. The molecule has 37 heavy (non-hydrogen) atoms.